The first-order valence-corrected chi connectivity index (χ1v) is 9.63. The number of anilines is 1. The molecule has 0 aliphatic carbocycles. The van der Waals surface area contributed by atoms with Crippen molar-refractivity contribution < 1.29 is 14.0 Å². The number of carbonyl (C=O) groups excluding carboxylic acids is 2. The molecule has 2 amide bonds. The predicted octanol–water partition coefficient (Wildman–Crippen LogP) is 3.66. The summed E-state index contributed by atoms with van der Waals surface area (Å²) in [5, 5.41) is 5.60. The van der Waals surface area contributed by atoms with Crippen molar-refractivity contribution in [2.24, 2.45) is 0 Å². The van der Waals surface area contributed by atoms with Gasteiger partial charge in [-0.1, -0.05) is 24.6 Å². The highest BCUT2D eigenvalue weighted by atomic mass is 19.1. The third-order valence-corrected chi connectivity index (χ3v) is 5.25. The van der Waals surface area contributed by atoms with Gasteiger partial charge in [-0.15, -0.1) is 0 Å². The van der Waals surface area contributed by atoms with Crippen LogP contribution >= 0.6 is 0 Å². The lowest BCUT2D eigenvalue weighted by Crippen LogP contribution is -2.40. The molecule has 0 aromatic heterocycles. The third kappa shape index (κ3) is 4.39. The molecule has 1 heterocycles. The topological polar surface area (TPSA) is 61.4 Å². The minimum atomic E-state index is -0.496. The van der Waals surface area contributed by atoms with Gasteiger partial charge in [0.2, 0.25) is 5.91 Å². The van der Waals surface area contributed by atoms with E-state index in [2.05, 4.69) is 15.5 Å². The smallest absolute Gasteiger partial charge is 0.251 e. The van der Waals surface area contributed by atoms with E-state index in [0.29, 0.717) is 16.8 Å². The van der Waals surface area contributed by atoms with E-state index in [4.69, 9.17) is 0 Å². The van der Waals surface area contributed by atoms with Crippen LogP contribution in [0.5, 0.6) is 0 Å². The number of carbonyl (C=O) groups is 2. The highest BCUT2D eigenvalue weighted by Gasteiger charge is 2.29. The van der Waals surface area contributed by atoms with Gasteiger partial charge in [0.25, 0.3) is 5.91 Å². The summed E-state index contributed by atoms with van der Waals surface area (Å²) in [4.78, 5) is 27.4. The summed E-state index contributed by atoms with van der Waals surface area (Å²) < 4.78 is 13.4. The van der Waals surface area contributed by atoms with Crippen molar-refractivity contribution in [3.8, 4) is 0 Å². The van der Waals surface area contributed by atoms with Crippen LogP contribution in [0.4, 0.5) is 10.1 Å². The highest BCUT2D eigenvalue weighted by molar-refractivity contribution is 6.00. The molecule has 2 N–H and O–H groups in total. The molecule has 6 heteroatoms. The van der Waals surface area contributed by atoms with E-state index >= 15 is 0 Å². The molecule has 5 nitrogen and oxygen atoms in total. The number of hydrogen-bond donors (Lipinski definition) is 2. The maximum atomic E-state index is 13.4. The number of rotatable bonds is 5. The Bertz CT molecular complexity index is 845. The summed E-state index contributed by atoms with van der Waals surface area (Å²) in [6, 6.07) is 10.9. The first kappa shape index (κ1) is 20.0. The number of halogens is 1. The molecular weight excluding hydrogens is 357 g/mol. The molecular formula is C22H26FN3O2. The number of amides is 2. The van der Waals surface area contributed by atoms with Crippen LogP contribution in [0, 0.1) is 12.7 Å². The molecule has 1 unspecified atom stereocenters. The first-order chi connectivity index (χ1) is 13.5. The molecule has 3 rings (SSSR count). The van der Waals surface area contributed by atoms with Crippen LogP contribution in [0.2, 0.25) is 0 Å². The lowest BCUT2D eigenvalue weighted by molar-refractivity contribution is -0.122. The Morgan fingerprint density at radius 2 is 1.71 bits per heavy atom. The Labute approximate surface area is 164 Å². The van der Waals surface area contributed by atoms with Crippen LogP contribution in [-0.2, 0) is 4.79 Å². The normalized spacial score (nSPS) is 15.7. The number of hydrogen-bond acceptors (Lipinski definition) is 3. The quantitative estimate of drug-likeness (QED) is 0.828. The average Bonchev–Trinajstić information content (AvgIpc) is 2.71. The van der Waals surface area contributed by atoms with Crippen molar-refractivity contribution >= 4 is 17.5 Å². The van der Waals surface area contributed by atoms with E-state index in [-0.39, 0.29) is 17.6 Å². The van der Waals surface area contributed by atoms with Crippen LogP contribution in [0.25, 0.3) is 0 Å². The lowest BCUT2D eigenvalue weighted by Gasteiger charge is -2.34. The van der Waals surface area contributed by atoms with Gasteiger partial charge in [-0.2, -0.15) is 0 Å². The number of nitrogens with zero attached hydrogens (tertiary/aromatic N) is 1. The Morgan fingerprint density at radius 1 is 1.04 bits per heavy atom. The van der Waals surface area contributed by atoms with Gasteiger partial charge in [0.1, 0.15) is 11.9 Å². The third-order valence-electron chi connectivity index (χ3n) is 5.25. The zero-order valence-electron chi connectivity index (χ0n) is 16.3. The molecule has 1 atom stereocenters. The van der Waals surface area contributed by atoms with Crippen LogP contribution in [0.1, 0.15) is 46.8 Å². The summed E-state index contributed by atoms with van der Waals surface area (Å²) in [7, 11) is 1.58. The SMILES string of the molecule is CNC(=O)c1cccc(NC(=O)C(c2ccc(F)cc2)N2CCCCC2)c1C. The molecule has 1 aliphatic heterocycles. The van der Waals surface area contributed by atoms with Gasteiger partial charge in [-0.3, -0.25) is 14.5 Å². The van der Waals surface area contributed by atoms with Crippen molar-refractivity contribution in [3.05, 3.63) is 65.0 Å². The Morgan fingerprint density at radius 3 is 2.36 bits per heavy atom. The Hall–Kier alpha value is -2.73. The van der Waals surface area contributed by atoms with Crippen molar-refractivity contribution in [2.45, 2.75) is 32.2 Å². The van der Waals surface area contributed by atoms with Gasteiger partial charge in [0.05, 0.1) is 0 Å². The fourth-order valence-electron chi connectivity index (χ4n) is 3.70. The van der Waals surface area contributed by atoms with Gasteiger partial charge in [-0.05, 0) is 68.2 Å². The van der Waals surface area contributed by atoms with Crippen LogP contribution in [-0.4, -0.2) is 36.9 Å². The summed E-state index contributed by atoms with van der Waals surface area (Å²) in [5.74, 6) is -0.693. The maximum absolute atomic E-state index is 13.4. The van der Waals surface area contributed by atoms with Gasteiger partial charge in [0, 0.05) is 18.3 Å². The lowest BCUT2D eigenvalue weighted by atomic mass is 10.00. The zero-order valence-corrected chi connectivity index (χ0v) is 16.3. The van der Waals surface area contributed by atoms with E-state index in [1.165, 1.54) is 12.1 Å². The maximum Gasteiger partial charge on any atom is 0.251 e. The minimum absolute atomic E-state index is 0.175. The highest BCUT2D eigenvalue weighted by Crippen LogP contribution is 2.28. The van der Waals surface area contributed by atoms with E-state index in [0.717, 1.165) is 37.9 Å². The standard InChI is InChI=1S/C22H26FN3O2/c1-15-18(21(27)24-2)7-6-8-19(15)25-22(28)20(26-13-4-3-5-14-26)16-9-11-17(23)12-10-16/h6-12,20H,3-5,13-14H2,1-2H3,(H,24,27)(H,25,28). The summed E-state index contributed by atoms with van der Waals surface area (Å²) in [6.45, 7) is 3.47. The van der Waals surface area contributed by atoms with Crippen LogP contribution in [0.15, 0.2) is 42.5 Å². The number of likely N-dealkylation sites (tertiary alicyclic amines) is 1. The minimum Gasteiger partial charge on any atom is -0.355 e. The van der Waals surface area contributed by atoms with Crippen molar-refractivity contribution in [1.82, 2.24) is 10.2 Å². The second-order valence-corrected chi connectivity index (χ2v) is 7.10. The van der Waals surface area contributed by atoms with Crippen molar-refractivity contribution in [2.75, 3.05) is 25.5 Å². The summed E-state index contributed by atoms with van der Waals surface area (Å²) in [6.07, 6.45) is 3.23. The molecule has 2 aromatic carbocycles. The first-order valence-electron chi connectivity index (χ1n) is 9.63. The molecule has 0 saturated carbocycles. The molecule has 2 aromatic rings. The van der Waals surface area contributed by atoms with E-state index in [9.17, 15) is 14.0 Å². The Balaban J connectivity index is 1.89. The monoisotopic (exact) mass is 383 g/mol. The summed E-state index contributed by atoms with van der Waals surface area (Å²) in [5.41, 5.74) is 2.61. The second kappa shape index (κ2) is 8.97. The molecule has 0 radical (unpaired) electrons. The molecule has 28 heavy (non-hydrogen) atoms. The average molecular weight is 383 g/mol. The van der Waals surface area contributed by atoms with Crippen LogP contribution < -0.4 is 10.6 Å². The largest absolute Gasteiger partial charge is 0.355 e. The Kier molecular flexibility index (Phi) is 6.41. The van der Waals surface area contributed by atoms with E-state index in [1.807, 2.05) is 6.92 Å². The number of benzene rings is 2. The predicted molar refractivity (Wildman–Crippen MR) is 108 cm³/mol. The van der Waals surface area contributed by atoms with E-state index in [1.54, 1.807) is 37.4 Å². The van der Waals surface area contributed by atoms with Gasteiger partial charge >= 0.3 is 0 Å². The number of piperidine rings is 1. The number of nitrogens with one attached hydrogen (secondary N) is 2. The molecule has 0 spiro atoms. The second-order valence-electron chi connectivity index (χ2n) is 7.10. The molecule has 1 saturated heterocycles. The van der Waals surface area contributed by atoms with E-state index < -0.39 is 6.04 Å². The van der Waals surface area contributed by atoms with Gasteiger partial charge in [0.15, 0.2) is 0 Å². The molecule has 1 fully saturated rings. The molecule has 148 valence electrons. The van der Waals surface area contributed by atoms with Crippen molar-refractivity contribution in [1.29, 1.82) is 0 Å². The van der Waals surface area contributed by atoms with Gasteiger partial charge < -0.3 is 10.6 Å². The fraction of sp³-hybridized carbons (Fsp3) is 0.364. The van der Waals surface area contributed by atoms with Gasteiger partial charge in [-0.25, -0.2) is 4.39 Å². The molecule has 1 aliphatic rings. The van der Waals surface area contributed by atoms with Crippen LogP contribution in [0.3, 0.4) is 0 Å². The molecule has 0 bridgehead atoms. The summed E-state index contributed by atoms with van der Waals surface area (Å²) >= 11 is 0. The zero-order chi connectivity index (χ0) is 20.1. The fourth-order valence-corrected chi connectivity index (χ4v) is 3.70. The van der Waals surface area contributed by atoms with Crippen molar-refractivity contribution in [3.63, 3.8) is 0 Å².